The van der Waals surface area contributed by atoms with Crippen molar-refractivity contribution < 1.29 is 4.74 Å². The molecule has 1 aliphatic rings. The topological polar surface area (TPSA) is 35.0 Å². The van der Waals surface area contributed by atoms with Crippen LogP contribution in [-0.4, -0.2) is 16.1 Å². The molecule has 0 unspecified atom stereocenters. The summed E-state index contributed by atoms with van der Waals surface area (Å²) in [7, 11) is 0. The normalized spacial score (nSPS) is 14.5. The van der Waals surface area contributed by atoms with Gasteiger partial charge in [-0.3, -0.25) is 0 Å². The Bertz CT molecular complexity index is 654. The molecule has 21 heavy (non-hydrogen) atoms. The Balaban J connectivity index is 1.93. The van der Waals surface area contributed by atoms with E-state index in [1.807, 2.05) is 38.1 Å². The maximum absolute atomic E-state index is 6.22. The van der Waals surface area contributed by atoms with Gasteiger partial charge in [0.1, 0.15) is 10.9 Å². The molecule has 0 spiro atoms. The zero-order valence-electron chi connectivity index (χ0n) is 11.9. The fourth-order valence-electron chi connectivity index (χ4n) is 2.15. The first-order valence-corrected chi connectivity index (χ1v) is 8.21. The molecule has 1 aromatic carbocycles. The minimum absolute atomic E-state index is 0.163. The average molecular weight is 368 g/mol. The Morgan fingerprint density at radius 2 is 1.86 bits per heavy atom. The molecule has 0 atom stereocenters. The van der Waals surface area contributed by atoms with E-state index in [1.54, 1.807) is 0 Å². The van der Waals surface area contributed by atoms with Crippen LogP contribution in [0.5, 0.6) is 5.75 Å². The zero-order chi connectivity index (χ0) is 15.0. The van der Waals surface area contributed by atoms with E-state index < -0.39 is 0 Å². The van der Waals surface area contributed by atoms with Gasteiger partial charge in [-0.25, -0.2) is 9.97 Å². The second kappa shape index (κ2) is 5.93. The number of aromatic nitrogens is 2. The molecule has 0 N–H and O–H groups in total. The van der Waals surface area contributed by atoms with Crippen LogP contribution in [0.2, 0.25) is 5.15 Å². The molecule has 1 fully saturated rings. The minimum atomic E-state index is 0.163. The van der Waals surface area contributed by atoms with Crippen LogP contribution in [0.4, 0.5) is 0 Å². The molecule has 2 aromatic rings. The van der Waals surface area contributed by atoms with Gasteiger partial charge in [0.15, 0.2) is 5.82 Å². The van der Waals surface area contributed by atoms with Crippen LogP contribution in [0.3, 0.4) is 0 Å². The zero-order valence-corrected chi connectivity index (χ0v) is 14.3. The lowest BCUT2D eigenvalue weighted by molar-refractivity contribution is 0.242. The first-order valence-electron chi connectivity index (χ1n) is 7.04. The maximum atomic E-state index is 6.22. The van der Waals surface area contributed by atoms with E-state index >= 15 is 0 Å². The fourth-order valence-corrected chi connectivity index (χ4v) is 2.82. The molecular formula is C16H16BrClN2O. The van der Waals surface area contributed by atoms with E-state index in [1.165, 1.54) is 12.8 Å². The standard InChI is InChI=1S/C16H16BrClN2O/c1-9(2)21-12-7-5-11(6-8-12)16-19-14(10-3-4-10)13(17)15(18)20-16/h5-10H,3-4H2,1-2H3. The number of halogens is 2. The summed E-state index contributed by atoms with van der Waals surface area (Å²) in [5.41, 5.74) is 1.97. The number of ether oxygens (including phenoxy) is 1. The molecule has 1 aliphatic carbocycles. The number of rotatable bonds is 4. The van der Waals surface area contributed by atoms with Gasteiger partial charge in [0.2, 0.25) is 0 Å². The van der Waals surface area contributed by atoms with Gasteiger partial charge >= 0.3 is 0 Å². The lowest BCUT2D eigenvalue weighted by Crippen LogP contribution is -2.05. The molecular weight excluding hydrogens is 352 g/mol. The Labute approximate surface area is 137 Å². The Kier molecular flexibility index (Phi) is 4.18. The van der Waals surface area contributed by atoms with Crippen molar-refractivity contribution in [3.63, 3.8) is 0 Å². The lowest BCUT2D eigenvalue weighted by Gasteiger charge is -2.11. The quantitative estimate of drug-likeness (QED) is 0.695. The molecule has 5 heteroatoms. The molecule has 3 nitrogen and oxygen atoms in total. The Morgan fingerprint density at radius 1 is 1.19 bits per heavy atom. The van der Waals surface area contributed by atoms with Crippen molar-refractivity contribution in [2.45, 2.75) is 38.7 Å². The van der Waals surface area contributed by atoms with Crippen LogP contribution >= 0.6 is 27.5 Å². The van der Waals surface area contributed by atoms with E-state index in [4.69, 9.17) is 16.3 Å². The van der Waals surface area contributed by atoms with Crippen LogP contribution in [-0.2, 0) is 0 Å². The average Bonchev–Trinajstić information content (AvgIpc) is 3.26. The van der Waals surface area contributed by atoms with Crippen LogP contribution in [0.25, 0.3) is 11.4 Å². The molecule has 3 rings (SSSR count). The molecule has 0 radical (unpaired) electrons. The summed E-state index contributed by atoms with van der Waals surface area (Å²) >= 11 is 9.71. The predicted octanol–water partition coefficient (Wildman–Crippen LogP) is 5.22. The van der Waals surface area contributed by atoms with Gasteiger partial charge in [-0.05, 0) is 66.9 Å². The van der Waals surface area contributed by atoms with E-state index in [0.29, 0.717) is 16.9 Å². The first kappa shape index (κ1) is 14.8. The predicted molar refractivity (Wildman–Crippen MR) is 87.9 cm³/mol. The van der Waals surface area contributed by atoms with Crippen LogP contribution in [0.1, 0.15) is 38.3 Å². The summed E-state index contributed by atoms with van der Waals surface area (Å²) in [4.78, 5) is 9.04. The number of nitrogens with zero attached hydrogens (tertiary/aromatic N) is 2. The number of benzene rings is 1. The van der Waals surface area contributed by atoms with E-state index in [2.05, 4.69) is 25.9 Å². The summed E-state index contributed by atoms with van der Waals surface area (Å²) in [5.74, 6) is 2.03. The van der Waals surface area contributed by atoms with Crippen LogP contribution in [0.15, 0.2) is 28.7 Å². The van der Waals surface area contributed by atoms with Gasteiger partial charge in [-0.15, -0.1) is 0 Å². The highest BCUT2D eigenvalue weighted by molar-refractivity contribution is 9.10. The number of hydrogen-bond donors (Lipinski definition) is 0. The third-order valence-corrected chi connectivity index (χ3v) is 4.57. The van der Waals surface area contributed by atoms with Crippen molar-refractivity contribution in [2.75, 3.05) is 0 Å². The molecule has 1 saturated carbocycles. The van der Waals surface area contributed by atoms with Gasteiger partial charge in [0.25, 0.3) is 0 Å². The first-order chi connectivity index (χ1) is 10.0. The smallest absolute Gasteiger partial charge is 0.161 e. The van der Waals surface area contributed by atoms with Crippen molar-refractivity contribution >= 4 is 27.5 Å². The van der Waals surface area contributed by atoms with E-state index in [9.17, 15) is 0 Å². The molecule has 0 amide bonds. The molecule has 110 valence electrons. The van der Waals surface area contributed by atoms with Gasteiger partial charge in [0.05, 0.1) is 16.3 Å². The van der Waals surface area contributed by atoms with Gasteiger partial charge in [-0.2, -0.15) is 0 Å². The molecule has 0 saturated heterocycles. The number of hydrogen-bond acceptors (Lipinski definition) is 3. The summed E-state index contributed by atoms with van der Waals surface area (Å²) in [5, 5.41) is 0.476. The summed E-state index contributed by atoms with van der Waals surface area (Å²) < 4.78 is 6.47. The highest BCUT2D eigenvalue weighted by atomic mass is 79.9. The monoisotopic (exact) mass is 366 g/mol. The summed E-state index contributed by atoms with van der Waals surface area (Å²) in [6, 6.07) is 7.80. The molecule has 0 bridgehead atoms. The van der Waals surface area contributed by atoms with Crippen molar-refractivity contribution in [2.24, 2.45) is 0 Å². The summed E-state index contributed by atoms with van der Waals surface area (Å²) in [6.45, 7) is 4.01. The highest BCUT2D eigenvalue weighted by Crippen LogP contribution is 2.44. The van der Waals surface area contributed by atoms with Gasteiger partial charge in [0, 0.05) is 11.5 Å². The van der Waals surface area contributed by atoms with E-state index in [0.717, 1.165) is 21.5 Å². The van der Waals surface area contributed by atoms with E-state index in [-0.39, 0.29) is 6.10 Å². The maximum Gasteiger partial charge on any atom is 0.161 e. The Morgan fingerprint density at radius 3 is 2.43 bits per heavy atom. The van der Waals surface area contributed by atoms with Gasteiger partial charge in [-0.1, -0.05) is 11.6 Å². The van der Waals surface area contributed by atoms with Crippen LogP contribution in [0, 0.1) is 0 Å². The minimum Gasteiger partial charge on any atom is -0.491 e. The highest BCUT2D eigenvalue weighted by Gasteiger charge is 2.29. The van der Waals surface area contributed by atoms with Crippen molar-refractivity contribution in [3.8, 4) is 17.1 Å². The van der Waals surface area contributed by atoms with Crippen molar-refractivity contribution in [1.82, 2.24) is 9.97 Å². The SMILES string of the molecule is CC(C)Oc1ccc(-c2nc(Cl)c(Br)c(C3CC3)n2)cc1. The summed E-state index contributed by atoms with van der Waals surface area (Å²) in [6.07, 6.45) is 2.51. The third kappa shape index (κ3) is 3.38. The fraction of sp³-hybridized carbons (Fsp3) is 0.375. The molecule has 1 aromatic heterocycles. The van der Waals surface area contributed by atoms with Gasteiger partial charge < -0.3 is 4.74 Å². The second-order valence-electron chi connectivity index (χ2n) is 5.50. The lowest BCUT2D eigenvalue weighted by atomic mass is 10.2. The Hall–Kier alpha value is -1.13. The van der Waals surface area contributed by atoms with Crippen molar-refractivity contribution in [3.05, 3.63) is 39.6 Å². The van der Waals surface area contributed by atoms with Crippen LogP contribution < -0.4 is 4.74 Å². The third-order valence-electron chi connectivity index (χ3n) is 3.28. The second-order valence-corrected chi connectivity index (χ2v) is 6.65. The largest absolute Gasteiger partial charge is 0.491 e. The molecule has 0 aliphatic heterocycles. The molecule has 1 heterocycles. The van der Waals surface area contributed by atoms with Crippen molar-refractivity contribution in [1.29, 1.82) is 0 Å².